The van der Waals surface area contributed by atoms with E-state index in [0.717, 1.165) is 4.90 Å². The normalized spacial score (nSPS) is 12.5. The van der Waals surface area contributed by atoms with E-state index in [9.17, 15) is 23.1 Å². The zero-order valence-corrected chi connectivity index (χ0v) is 13.3. The van der Waals surface area contributed by atoms with Crippen molar-refractivity contribution in [2.45, 2.75) is 12.3 Å². The zero-order chi connectivity index (χ0) is 18.2. The first-order valence-corrected chi connectivity index (χ1v) is 7.17. The van der Waals surface area contributed by atoms with Crippen LogP contribution < -0.4 is 4.74 Å². The van der Waals surface area contributed by atoms with Crippen molar-refractivity contribution < 1.29 is 32.5 Å². The lowest BCUT2D eigenvalue weighted by Gasteiger charge is -2.26. The van der Waals surface area contributed by atoms with Crippen LogP contribution >= 0.6 is 0 Å². The number of amides is 1. The van der Waals surface area contributed by atoms with Crippen molar-refractivity contribution in [1.82, 2.24) is 4.90 Å². The molecule has 0 fully saturated rings. The summed E-state index contributed by atoms with van der Waals surface area (Å²) in [5.74, 6) is -0.457. The van der Waals surface area contributed by atoms with Gasteiger partial charge in [0.25, 0.3) is 5.91 Å². The predicted octanol–water partition coefficient (Wildman–Crippen LogP) is 2.26. The third-order valence-corrected chi connectivity index (χ3v) is 3.10. The molecule has 0 saturated carbocycles. The average molecular weight is 347 g/mol. The van der Waals surface area contributed by atoms with E-state index in [1.807, 2.05) is 0 Å². The standard InChI is InChI=1S/C16H20F3NO4/c1-3-9-24-13-7-5-4-6-12(13)15(22)20(8-10-23-2)11-14(21)16(17,18)19/h3-7,14,21H,1,8-11H2,2H3. The predicted molar refractivity (Wildman–Crippen MR) is 82.0 cm³/mol. The van der Waals surface area contributed by atoms with Gasteiger partial charge in [-0.3, -0.25) is 4.79 Å². The fourth-order valence-electron chi connectivity index (χ4n) is 1.88. The Morgan fingerprint density at radius 3 is 2.67 bits per heavy atom. The number of para-hydroxylation sites is 1. The van der Waals surface area contributed by atoms with Gasteiger partial charge in [0.05, 0.1) is 18.7 Å². The Balaban J connectivity index is 3.01. The summed E-state index contributed by atoms with van der Waals surface area (Å²) in [5, 5.41) is 9.26. The molecule has 1 aromatic rings. The summed E-state index contributed by atoms with van der Waals surface area (Å²) in [6, 6.07) is 6.19. The molecule has 134 valence electrons. The topological polar surface area (TPSA) is 59.0 Å². The number of carbonyl (C=O) groups is 1. The van der Waals surface area contributed by atoms with Crippen LogP contribution in [0.5, 0.6) is 5.75 Å². The number of carbonyl (C=O) groups excluding carboxylic acids is 1. The number of alkyl halides is 3. The number of hydrogen-bond acceptors (Lipinski definition) is 4. The molecule has 1 amide bonds. The minimum atomic E-state index is -4.82. The van der Waals surface area contributed by atoms with Gasteiger partial charge in [0.2, 0.25) is 0 Å². The van der Waals surface area contributed by atoms with Crippen molar-refractivity contribution in [3.05, 3.63) is 42.5 Å². The summed E-state index contributed by atoms with van der Waals surface area (Å²) >= 11 is 0. The Morgan fingerprint density at radius 2 is 2.08 bits per heavy atom. The number of hydrogen-bond donors (Lipinski definition) is 1. The summed E-state index contributed by atoms with van der Waals surface area (Å²) in [6.45, 7) is 2.69. The molecule has 1 aromatic carbocycles. The van der Waals surface area contributed by atoms with Crippen molar-refractivity contribution in [2.75, 3.05) is 33.4 Å². The van der Waals surface area contributed by atoms with Gasteiger partial charge in [-0.25, -0.2) is 0 Å². The van der Waals surface area contributed by atoms with E-state index in [4.69, 9.17) is 9.47 Å². The van der Waals surface area contributed by atoms with Crippen LogP contribution in [0.25, 0.3) is 0 Å². The Labute approximate surface area is 138 Å². The first kappa shape index (κ1) is 20.0. The molecule has 0 aromatic heterocycles. The molecule has 0 saturated heterocycles. The lowest BCUT2D eigenvalue weighted by atomic mass is 10.1. The van der Waals surface area contributed by atoms with Gasteiger partial charge in [0.15, 0.2) is 6.10 Å². The van der Waals surface area contributed by atoms with Crippen LogP contribution in [0, 0.1) is 0 Å². The molecule has 1 unspecified atom stereocenters. The Bertz CT molecular complexity index is 548. The van der Waals surface area contributed by atoms with E-state index in [1.165, 1.54) is 25.3 Å². The van der Waals surface area contributed by atoms with Crippen LogP contribution in [0.3, 0.4) is 0 Å². The van der Waals surface area contributed by atoms with Gasteiger partial charge in [-0.1, -0.05) is 24.8 Å². The third-order valence-electron chi connectivity index (χ3n) is 3.10. The first-order chi connectivity index (χ1) is 11.3. The second-order valence-electron chi connectivity index (χ2n) is 4.90. The van der Waals surface area contributed by atoms with Crippen LogP contribution in [-0.4, -0.2) is 61.6 Å². The van der Waals surface area contributed by atoms with E-state index in [2.05, 4.69) is 6.58 Å². The van der Waals surface area contributed by atoms with Gasteiger partial charge in [0.1, 0.15) is 12.4 Å². The molecule has 0 bridgehead atoms. The van der Waals surface area contributed by atoms with Gasteiger partial charge in [-0.05, 0) is 12.1 Å². The first-order valence-electron chi connectivity index (χ1n) is 7.17. The molecule has 0 radical (unpaired) electrons. The second kappa shape index (κ2) is 9.29. The summed E-state index contributed by atoms with van der Waals surface area (Å²) < 4.78 is 47.9. The number of aliphatic hydroxyl groups excluding tert-OH is 1. The van der Waals surface area contributed by atoms with Crippen molar-refractivity contribution in [1.29, 1.82) is 0 Å². The SMILES string of the molecule is C=CCOc1ccccc1C(=O)N(CCOC)CC(O)C(F)(F)F. The van der Waals surface area contributed by atoms with Crippen molar-refractivity contribution in [2.24, 2.45) is 0 Å². The summed E-state index contributed by atoms with van der Waals surface area (Å²) in [4.78, 5) is 13.5. The van der Waals surface area contributed by atoms with Crippen molar-refractivity contribution in [3.8, 4) is 5.75 Å². The van der Waals surface area contributed by atoms with Crippen LogP contribution in [0.4, 0.5) is 13.2 Å². The van der Waals surface area contributed by atoms with Gasteiger partial charge in [-0.2, -0.15) is 13.2 Å². The highest BCUT2D eigenvalue weighted by Gasteiger charge is 2.40. The maximum Gasteiger partial charge on any atom is 0.416 e. The summed E-state index contributed by atoms with van der Waals surface area (Å²) in [7, 11) is 1.37. The molecule has 0 heterocycles. The monoisotopic (exact) mass is 347 g/mol. The van der Waals surface area contributed by atoms with Gasteiger partial charge in [-0.15, -0.1) is 0 Å². The maximum absolute atomic E-state index is 12.6. The highest BCUT2D eigenvalue weighted by molar-refractivity contribution is 5.97. The largest absolute Gasteiger partial charge is 0.489 e. The molecular weight excluding hydrogens is 327 g/mol. The molecule has 1 atom stereocenters. The minimum absolute atomic E-state index is 0.0337. The summed E-state index contributed by atoms with van der Waals surface area (Å²) in [6.07, 6.45) is -5.97. The second-order valence-corrected chi connectivity index (χ2v) is 4.90. The van der Waals surface area contributed by atoms with Gasteiger partial charge in [0, 0.05) is 13.7 Å². The lowest BCUT2D eigenvalue weighted by Crippen LogP contribution is -2.45. The number of ether oxygens (including phenoxy) is 2. The fraction of sp³-hybridized carbons (Fsp3) is 0.438. The van der Waals surface area contributed by atoms with Crippen molar-refractivity contribution >= 4 is 5.91 Å². The maximum atomic E-state index is 12.6. The summed E-state index contributed by atoms with van der Waals surface area (Å²) in [5.41, 5.74) is 0.102. The van der Waals surface area contributed by atoms with Crippen molar-refractivity contribution in [3.63, 3.8) is 0 Å². The number of methoxy groups -OCH3 is 1. The fourth-order valence-corrected chi connectivity index (χ4v) is 1.88. The number of aliphatic hydroxyl groups is 1. The number of halogens is 3. The van der Waals surface area contributed by atoms with E-state index >= 15 is 0 Å². The molecule has 5 nitrogen and oxygen atoms in total. The molecule has 24 heavy (non-hydrogen) atoms. The van der Waals surface area contributed by atoms with E-state index < -0.39 is 24.7 Å². The van der Waals surface area contributed by atoms with Gasteiger partial charge >= 0.3 is 6.18 Å². The molecule has 0 aliphatic carbocycles. The number of nitrogens with zero attached hydrogens (tertiary/aromatic N) is 1. The Morgan fingerprint density at radius 1 is 1.42 bits per heavy atom. The molecule has 1 N–H and O–H groups in total. The number of rotatable bonds is 9. The van der Waals surface area contributed by atoms with Crippen LogP contribution in [0.1, 0.15) is 10.4 Å². The highest BCUT2D eigenvalue weighted by Crippen LogP contribution is 2.23. The molecule has 0 spiro atoms. The zero-order valence-electron chi connectivity index (χ0n) is 13.3. The number of benzene rings is 1. The highest BCUT2D eigenvalue weighted by atomic mass is 19.4. The molecule has 8 heteroatoms. The quantitative estimate of drug-likeness (QED) is 0.696. The molecule has 1 rings (SSSR count). The lowest BCUT2D eigenvalue weighted by molar-refractivity contribution is -0.206. The van der Waals surface area contributed by atoms with E-state index in [1.54, 1.807) is 12.1 Å². The molecule has 0 aliphatic rings. The Hall–Kier alpha value is -2.06. The van der Waals surface area contributed by atoms with Crippen LogP contribution in [0.15, 0.2) is 36.9 Å². The van der Waals surface area contributed by atoms with Crippen LogP contribution in [-0.2, 0) is 4.74 Å². The van der Waals surface area contributed by atoms with Gasteiger partial charge < -0.3 is 19.5 Å². The molecular formula is C16H20F3NO4. The van der Waals surface area contributed by atoms with E-state index in [0.29, 0.717) is 0 Å². The smallest absolute Gasteiger partial charge is 0.416 e. The molecule has 0 aliphatic heterocycles. The minimum Gasteiger partial charge on any atom is -0.489 e. The third kappa shape index (κ3) is 5.86. The van der Waals surface area contributed by atoms with E-state index in [-0.39, 0.29) is 31.1 Å². The Kier molecular flexibility index (Phi) is 7.73. The average Bonchev–Trinajstić information content (AvgIpc) is 2.55. The van der Waals surface area contributed by atoms with Crippen LogP contribution in [0.2, 0.25) is 0 Å².